The second kappa shape index (κ2) is 8.29. The van der Waals surface area contributed by atoms with Crippen LogP contribution in [0, 0.1) is 5.92 Å². The fourth-order valence-electron chi connectivity index (χ4n) is 5.10. The molecule has 28 heavy (non-hydrogen) atoms. The summed E-state index contributed by atoms with van der Waals surface area (Å²) in [6.45, 7) is 4.20. The first-order valence-corrected chi connectivity index (χ1v) is 10.7. The molecule has 0 radical (unpaired) electrons. The van der Waals surface area contributed by atoms with Crippen LogP contribution < -0.4 is 14.8 Å². The maximum absolute atomic E-state index is 12.5. The molecule has 0 spiro atoms. The lowest BCUT2D eigenvalue weighted by atomic mass is 9.66. The fourth-order valence-corrected chi connectivity index (χ4v) is 5.10. The van der Waals surface area contributed by atoms with E-state index in [4.69, 9.17) is 9.47 Å². The maximum atomic E-state index is 12.5. The summed E-state index contributed by atoms with van der Waals surface area (Å²) in [5, 5.41) is 14.4. The van der Waals surface area contributed by atoms with Gasteiger partial charge in [-0.25, -0.2) is 0 Å². The van der Waals surface area contributed by atoms with Crippen LogP contribution in [0.15, 0.2) is 18.2 Å². The number of carbonyl (C=O) groups excluding carboxylic acids is 1. The number of rotatable bonds is 6. The van der Waals surface area contributed by atoms with Crippen LogP contribution in [0.2, 0.25) is 0 Å². The van der Waals surface area contributed by atoms with Crippen molar-refractivity contribution in [2.24, 2.45) is 5.92 Å². The van der Waals surface area contributed by atoms with Gasteiger partial charge in [0.05, 0.1) is 12.1 Å². The van der Waals surface area contributed by atoms with E-state index in [0.29, 0.717) is 6.54 Å². The Labute approximate surface area is 167 Å². The number of amides is 1. The third-order valence-electron chi connectivity index (χ3n) is 6.61. The Morgan fingerprint density at radius 2 is 2.14 bits per heavy atom. The molecule has 0 aromatic heterocycles. The molecule has 154 valence electrons. The topological polar surface area (TPSA) is 71.0 Å². The smallest absolute Gasteiger partial charge is 0.234 e. The highest BCUT2D eigenvalue weighted by atomic mass is 16.7. The summed E-state index contributed by atoms with van der Waals surface area (Å²) < 4.78 is 11.1. The number of unbranched alkanes of at least 4 members (excludes halogenated alkanes) is 1. The van der Waals surface area contributed by atoms with Gasteiger partial charge >= 0.3 is 0 Å². The van der Waals surface area contributed by atoms with Gasteiger partial charge in [0.1, 0.15) is 0 Å². The van der Waals surface area contributed by atoms with E-state index in [1.54, 1.807) is 0 Å². The second-order valence-electron chi connectivity index (χ2n) is 8.44. The highest BCUT2D eigenvalue weighted by Crippen LogP contribution is 2.50. The van der Waals surface area contributed by atoms with Gasteiger partial charge in [0.15, 0.2) is 11.5 Å². The van der Waals surface area contributed by atoms with Crippen molar-refractivity contribution in [1.29, 1.82) is 0 Å². The molecule has 3 aliphatic rings. The molecule has 3 unspecified atom stereocenters. The molecule has 1 aliphatic carbocycles. The quantitative estimate of drug-likeness (QED) is 0.733. The third kappa shape index (κ3) is 3.85. The molecule has 6 nitrogen and oxygen atoms in total. The number of hydrogen-bond donors (Lipinski definition) is 2. The Morgan fingerprint density at radius 3 is 3.00 bits per heavy atom. The fraction of sp³-hybridized carbons (Fsp3) is 0.682. The van der Waals surface area contributed by atoms with E-state index >= 15 is 0 Å². The van der Waals surface area contributed by atoms with E-state index in [-0.39, 0.29) is 24.7 Å². The van der Waals surface area contributed by atoms with Crippen LogP contribution in [-0.2, 0) is 4.79 Å². The van der Waals surface area contributed by atoms with Crippen molar-refractivity contribution >= 4 is 5.91 Å². The molecular weight excluding hydrogens is 356 g/mol. The van der Waals surface area contributed by atoms with Crippen molar-refractivity contribution in [1.82, 2.24) is 10.2 Å². The molecule has 0 bridgehead atoms. The highest BCUT2D eigenvalue weighted by molar-refractivity contribution is 5.78. The summed E-state index contributed by atoms with van der Waals surface area (Å²) in [7, 11) is 0. The largest absolute Gasteiger partial charge is 0.454 e. The van der Waals surface area contributed by atoms with Crippen molar-refractivity contribution in [3.05, 3.63) is 23.8 Å². The predicted octanol–water partition coefficient (Wildman–Crippen LogP) is 3.00. The first-order chi connectivity index (χ1) is 13.6. The van der Waals surface area contributed by atoms with Crippen LogP contribution in [-0.4, -0.2) is 47.9 Å². The molecule has 2 aliphatic heterocycles. The molecule has 3 atom stereocenters. The van der Waals surface area contributed by atoms with E-state index < -0.39 is 5.60 Å². The van der Waals surface area contributed by atoms with Gasteiger partial charge in [-0.3, -0.25) is 9.69 Å². The summed E-state index contributed by atoms with van der Waals surface area (Å²) in [4.78, 5) is 14.8. The van der Waals surface area contributed by atoms with Crippen LogP contribution >= 0.6 is 0 Å². The van der Waals surface area contributed by atoms with Gasteiger partial charge in [-0.05, 0) is 43.4 Å². The van der Waals surface area contributed by atoms with Crippen molar-refractivity contribution < 1.29 is 19.4 Å². The number of nitrogens with zero attached hydrogens (tertiary/aromatic N) is 1. The van der Waals surface area contributed by atoms with Crippen LogP contribution in [0.5, 0.6) is 11.5 Å². The van der Waals surface area contributed by atoms with Gasteiger partial charge < -0.3 is 19.9 Å². The van der Waals surface area contributed by atoms with Gasteiger partial charge in [-0.15, -0.1) is 0 Å². The number of likely N-dealkylation sites (tertiary alicyclic amines) is 1. The summed E-state index contributed by atoms with van der Waals surface area (Å²) in [5.41, 5.74) is 0.477. The molecule has 1 saturated carbocycles. The van der Waals surface area contributed by atoms with E-state index in [0.717, 1.165) is 75.1 Å². The number of carbonyl (C=O) groups is 1. The average molecular weight is 389 g/mol. The van der Waals surface area contributed by atoms with Gasteiger partial charge in [0.2, 0.25) is 12.7 Å². The van der Waals surface area contributed by atoms with E-state index in [9.17, 15) is 9.90 Å². The zero-order valence-electron chi connectivity index (χ0n) is 16.8. The third-order valence-corrected chi connectivity index (χ3v) is 6.61. The van der Waals surface area contributed by atoms with Gasteiger partial charge in [-0.2, -0.15) is 0 Å². The van der Waals surface area contributed by atoms with Crippen molar-refractivity contribution in [3.63, 3.8) is 0 Å². The molecule has 2 fully saturated rings. The van der Waals surface area contributed by atoms with Crippen molar-refractivity contribution in [2.45, 2.75) is 63.5 Å². The predicted molar refractivity (Wildman–Crippen MR) is 106 cm³/mol. The summed E-state index contributed by atoms with van der Waals surface area (Å²) in [6, 6.07) is 6.08. The highest BCUT2D eigenvalue weighted by Gasteiger charge is 2.49. The Hall–Kier alpha value is -1.79. The number of fused-ring (bicyclic) bond motifs is 2. The number of piperidine rings is 1. The van der Waals surface area contributed by atoms with Crippen LogP contribution in [0.3, 0.4) is 0 Å². The summed E-state index contributed by atoms with van der Waals surface area (Å²) in [5.74, 6) is 1.73. The average Bonchev–Trinajstić information content (AvgIpc) is 3.16. The number of benzene rings is 1. The number of nitrogens with one attached hydrogen (secondary N) is 1. The van der Waals surface area contributed by atoms with E-state index in [2.05, 4.69) is 23.2 Å². The summed E-state index contributed by atoms with van der Waals surface area (Å²) >= 11 is 0. The lowest BCUT2D eigenvalue weighted by Gasteiger charge is -2.52. The number of ether oxygens (including phenoxy) is 2. The zero-order chi connectivity index (χ0) is 19.6. The SMILES string of the molecule is CCCCNC(=O)CN1CCC2(O)CCCCC2C1c1ccc2c(c1)OCO2. The molecule has 1 aromatic carbocycles. The molecular formula is C22H32N2O4. The normalized spacial score (nSPS) is 29.4. The minimum Gasteiger partial charge on any atom is -0.454 e. The molecule has 1 amide bonds. The first-order valence-electron chi connectivity index (χ1n) is 10.7. The Bertz CT molecular complexity index is 710. The van der Waals surface area contributed by atoms with Gasteiger partial charge in [0.25, 0.3) is 0 Å². The molecule has 6 heteroatoms. The van der Waals surface area contributed by atoms with Crippen molar-refractivity contribution in [2.75, 3.05) is 26.4 Å². The van der Waals surface area contributed by atoms with Gasteiger partial charge in [0, 0.05) is 25.0 Å². The molecule has 4 rings (SSSR count). The van der Waals surface area contributed by atoms with Gasteiger partial charge in [-0.1, -0.05) is 32.3 Å². The second-order valence-corrected chi connectivity index (χ2v) is 8.44. The van der Waals surface area contributed by atoms with Crippen molar-refractivity contribution in [3.8, 4) is 11.5 Å². The van der Waals surface area contributed by atoms with Crippen LogP contribution in [0.25, 0.3) is 0 Å². The van der Waals surface area contributed by atoms with Crippen LogP contribution in [0.1, 0.15) is 63.5 Å². The molecule has 1 aromatic rings. The standard InChI is InChI=1S/C22H32N2O4/c1-2-3-11-23-20(25)14-24-12-10-22(26)9-5-4-6-17(22)21(24)16-7-8-18-19(13-16)28-15-27-18/h7-8,13,17,21,26H,2-6,9-12,14-15H2,1H3,(H,23,25). The summed E-state index contributed by atoms with van der Waals surface area (Å²) in [6.07, 6.45) is 6.86. The molecule has 1 saturated heterocycles. The zero-order valence-corrected chi connectivity index (χ0v) is 16.8. The Morgan fingerprint density at radius 1 is 1.29 bits per heavy atom. The molecule has 2 N–H and O–H groups in total. The first kappa shape index (κ1) is 19.5. The minimum atomic E-state index is -0.630. The van der Waals surface area contributed by atoms with Crippen LogP contribution in [0.4, 0.5) is 0 Å². The number of aliphatic hydroxyl groups is 1. The Balaban J connectivity index is 1.58. The maximum Gasteiger partial charge on any atom is 0.234 e. The number of hydrogen-bond acceptors (Lipinski definition) is 5. The van der Waals surface area contributed by atoms with E-state index in [1.165, 1.54) is 0 Å². The lowest BCUT2D eigenvalue weighted by molar-refractivity contribution is -0.137. The monoisotopic (exact) mass is 388 g/mol. The molecule has 2 heterocycles. The van der Waals surface area contributed by atoms with E-state index in [1.807, 2.05) is 12.1 Å². The lowest BCUT2D eigenvalue weighted by Crippen LogP contribution is -2.56. The minimum absolute atomic E-state index is 0.0190. The Kier molecular flexibility index (Phi) is 5.78.